The molecule has 0 radical (unpaired) electrons. The minimum Gasteiger partial charge on any atom is -0.289 e. The minimum absolute atomic E-state index is 0.0868. The molecule has 0 spiro atoms. The van der Waals surface area contributed by atoms with E-state index in [-0.39, 0.29) is 5.78 Å². The van der Waals surface area contributed by atoms with Crippen LogP contribution in [0.15, 0.2) is 30.4 Å². The minimum atomic E-state index is 0.0868. The second-order valence-electron chi connectivity index (χ2n) is 3.11. The Balaban J connectivity index is 3.15. The highest BCUT2D eigenvalue weighted by atomic mass is 16.1. The van der Waals surface area contributed by atoms with Crippen molar-refractivity contribution in [2.45, 2.75) is 20.8 Å². The van der Waals surface area contributed by atoms with Gasteiger partial charge in [0.05, 0.1) is 0 Å². The molecule has 13 heavy (non-hydrogen) atoms. The molecule has 0 fully saturated rings. The topological polar surface area (TPSA) is 17.1 Å². The van der Waals surface area contributed by atoms with Gasteiger partial charge in [0, 0.05) is 5.56 Å². The Morgan fingerprint density at radius 1 is 1.31 bits per heavy atom. The highest BCUT2D eigenvalue weighted by Gasteiger charge is 2.05. The average molecular weight is 174 g/mol. The van der Waals surface area contributed by atoms with Gasteiger partial charge in [0.15, 0.2) is 5.78 Å². The van der Waals surface area contributed by atoms with Crippen molar-refractivity contribution < 1.29 is 4.79 Å². The third-order valence-electron chi connectivity index (χ3n) is 2.19. The lowest BCUT2D eigenvalue weighted by Gasteiger charge is -2.04. The Hall–Kier alpha value is -1.37. The fourth-order valence-electron chi connectivity index (χ4n) is 1.26. The summed E-state index contributed by atoms with van der Waals surface area (Å²) in [5.74, 6) is 0.0868. The van der Waals surface area contributed by atoms with Crippen LogP contribution in [0.3, 0.4) is 0 Å². The Morgan fingerprint density at radius 2 is 2.00 bits per heavy atom. The Bertz CT molecular complexity index is 348. The molecule has 1 rings (SSSR count). The van der Waals surface area contributed by atoms with Gasteiger partial charge in [0.25, 0.3) is 0 Å². The lowest BCUT2D eigenvalue weighted by molar-refractivity contribution is 0.104. The maximum Gasteiger partial charge on any atom is 0.185 e. The maximum atomic E-state index is 11.5. The first-order chi connectivity index (χ1) is 6.16. The zero-order valence-electron chi connectivity index (χ0n) is 8.29. The lowest BCUT2D eigenvalue weighted by atomic mass is 10.0. The highest BCUT2D eigenvalue weighted by molar-refractivity contribution is 6.05. The number of carbonyl (C=O) groups is 1. The van der Waals surface area contributed by atoms with E-state index in [2.05, 4.69) is 0 Å². The summed E-state index contributed by atoms with van der Waals surface area (Å²) in [5, 5.41) is 0. The van der Waals surface area contributed by atoms with Crippen molar-refractivity contribution in [2.24, 2.45) is 0 Å². The van der Waals surface area contributed by atoms with Crippen LogP contribution in [0.2, 0.25) is 0 Å². The highest BCUT2D eigenvalue weighted by Crippen LogP contribution is 2.13. The Labute approximate surface area is 79.1 Å². The standard InChI is InChI=1S/C12H14O/c1-4-6-12(13)11-8-5-7-9(2)10(11)3/h4-8H,1-3H3/b6-4+. The summed E-state index contributed by atoms with van der Waals surface area (Å²) < 4.78 is 0. The zero-order valence-corrected chi connectivity index (χ0v) is 8.29. The fraction of sp³-hybridized carbons (Fsp3) is 0.250. The van der Waals surface area contributed by atoms with Gasteiger partial charge in [0.2, 0.25) is 0 Å². The summed E-state index contributed by atoms with van der Waals surface area (Å²) in [6.07, 6.45) is 3.37. The van der Waals surface area contributed by atoms with Crippen molar-refractivity contribution in [3.05, 3.63) is 47.0 Å². The number of carbonyl (C=O) groups excluding carboxylic acids is 1. The maximum absolute atomic E-state index is 11.5. The molecule has 0 aromatic heterocycles. The molecular weight excluding hydrogens is 160 g/mol. The summed E-state index contributed by atoms with van der Waals surface area (Å²) in [4.78, 5) is 11.5. The molecule has 1 aromatic carbocycles. The van der Waals surface area contributed by atoms with Crippen LogP contribution in [0.25, 0.3) is 0 Å². The first-order valence-electron chi connectivity index (χ1n) is 4.40. The molecule has 0 aliphatic rings. The van der Waals surface area contributed by atoms with E-state index in [9.17, 15) is 4.79 Å². The van der Waals surface area contributed by atoms with Gasteiger partial charge >= 0.3 is 0 Å². The average Bonchev–Trinajstić information content (AvgIpc) is 2.10. The van der Waals surface area contributed by atoms with E-state index in [0.29, 0.717) is 0 Å². The molecule has 1 heteroatoms. The van der Waals surface area contributed by atoms with Gasteiger partial charge < -0.3 is 0 Å². The first-order valence-corrected chi connectivity index (χ1v) is 4.40. The van der Waals surface area contributed by atoms with Crippen LogP contribution in [0.4, 0.5) is 0 Å². The summed E-state index contributed by atoms with van der Waals surface area (Å²) in [7, 11) is 0. The van der Waals surface area contributed by atoms with Gasteiger partial charge in [-0.1, -0.05) is 24.3 Å². The van der Waals surface area contributed by atoms with Gasteiger partial charge in [-0.3, -0.25) is 4.79 Å². The molecule has 0 aliphatic carbocycles. The number of aryl methyl sites for hydroxylation is 1. The zero-order chi connectivity index (χ0) is 9.84. The van der Waals surface area contributed by atoms with Crippen LogP contribution in [-0.2, 0) is 0 Å². The third kappa shape index (κ3) is 2.05. The van der Waals surface area contributed by atoms with E-state index in [1.807, 2.05) is 39.0 Å². The number of hydrogen-bond donors (Lipinski definition) is 0. The molecule has 0 unspecified atom stereocenters. The number of benzene rings is 1. The van der Waals surface area contributed by atoms with E-state index in [1.54, 1.807) is 12.2 Å². The monoisotopic (exact) mass is 174 g/mol. The van der Waals surface area contributed by atoms with Crippen molar-refractivity contribution in [1.29, 1.82) is 0 Å². The smallest absolute Gasteiger partial charge is 0.185 e. The van der Waals surface area contributed by atoms with Gasteiger partial charge in [0.1, 0.15) is 0 Å². The quantitative estimate of drug-likeness (QED) is 0.497. The molecule has 0 N–H and O–H groups in total. The first kappa shape index (κ1) is 9.72. The van der Waals surface area contributed by atoms with Gasteiger partial charge in [-0.05, 0) is 38.0 Å². The lowest BCUT2D eigenvalue weighted by Crippen LogP contribution is -1.98. The molecule has 0 amide bonds. The van der Waals surface area contributed by atoms with Crippen LogP contribution >= 0.6 is 0 Å². The number of ketones is 1. The van der Waals surface area contributed by atoms with Crippen LogP contribution in [-0.4, -0.2) is 5.78 Å². The number of allylic oxidation sites excluding steroid dienone is 2. The SMILES string of the molecule is C/C=C/C(=O)c1cccc(C)c1C. The molecule has 0 saturated heterocycles. The number of rotatable bonds is 2. The third-order valence-corrected chi connectivity index (χ3v) is 2.19. The van der Waals surface area contributed by atoms with Gasteiger partial charge in [-0.25, -0.2) is 0 Å². The number of hydrogen-bond acceptors (Lipinski definition) is 1. The Morgan fingerprint density at radius 3 is 2.62 bits per heavy atom. The van der Waals surface area contributed by atoms with Gasteiger partial charge in [-0.2, -0.15) is 0 Å². The fourth-order valence-corrected chi connectivity index (χ4v) is 1.26. The summed E-state index contributed by atoms with van der Waals surface area (Å²) in [6, 6.07) is 5.80. The normalized spacial score (nSPS) is 10.7. The van der Waals surface area contributed by atoms with Crippen molar-refractivity contribution in [3.8, 4) is 0 Å². The van der Waals surface area contributed by atoms with Crippen LogP contribution < -0.4 is 0 Å². The molecule has 1 aromatic rings. The van der Waals surface area contributed by atoms with Crippen molar-refractivity contribution in [1.82, 2.24) is 0 Å². The summed E-state index contributed by atoms with van der Waals surface area (Å²) in [5.41, 5.74) is 3.04. The summed E-state index contributed by atoms with van der Waals surface area (Å²) in [6.45, 7) is 5.84. The summed E-state index contributed by atoms with van der Waals surface area (Å²) >= 11 is 0. The van der Waals surface area contributed by atoms with E-state index >= 15 is 0 Å². The molecule has 0 atom stereocenters. The second kappa shape index (κ2) is 4.04. The molecule has 0 heterocycles. The van der Waals surface area contributed by atoms with E-state index < -0.39 is 0 Å². The molecule has 0 bridgehead atoms. The van der Waals surface area contributed by atoms with Crippen molar-refractivity contribution >= 4 is 5.78 Å². The van der Waals surface area contributed by atoms with Crippen LogP contribution in [0, 0.1) is 13.8 Å². The van der Waals surface area contributed by atoms with E-state index in [0.717, 1.165) is 16.7 Å². The molecule has 0 aliphatic heterocycles. The molecular formula is C12H14O. The predicted octanol–water partition coefficient (Wildman–Crippen LogP) is 3.06. The largest absolute Gasteiger partial charge is 0.289 e. The van der Waals surface area contributed by atoms with Crippen molar-refractivity contribution in [3.63, 3.8) is 0 Å². The predicted molar refractivity (Wildman–Crippen MR) is 55.1 cm³/mol. The van der Waals surface area contributed by atoms with Crippen molar-refractivity contribution in [2.75, 3.05) is 0 Å². The van der Waals surface area contributed by atoms with E-state index in [4.69, 9.17) is 0 Å². The van der Waals surface area contributed by atoms with Gasteiger partial charge in [-0.15, -0.1) is 0 Å². The molecule has 68 valence electrons. The Kier molecular flexibility index (Phi) is 3.02. The second-order valence-corrected chi connectivity index (χ2v) is 3.11. The molecule has 1 nitrogen and oxygen atoms in total. The van der Waals surface area contributed by atoms with Crippen LogP contribution in [0.1, 0.15) is 28.4 Å². The van der Waals surface area contributed by atoms with E-state index in [1.165, 1.54) is 0 Å². The van der Waals surface area contributed by atoms with Crippen LogP contribution in [0.5, 0.6) is 0 Å². The molecule has 0 saturated carbocycles.